The summed E-state index contributed by atoms with van der Waals surface area (Å²) >= 11 is 15.3. The van der Waals surface area contributed by atoms with E-state index < -0.39 is 0 Å². The van der Waals surface area contributed by atoms with Gasteiger partial charge in [-0.15, -0.1) is 90.7 Å². The second-order valence-electron chi connectivity index (χ2n) is 28.2. The topological polar surface area (TPSA) is 6.48 Å². The highest BCUT2D eigenvalue weighted by molar-refractivity contribution is 7.30. The van der Waals surface area contributed by atoms with Crippen LogP contribution in [0.15, 0.2) is 243 Å². The first-order valence-electron chi connectivity index (χ1n) is 35.4. The average Bonchev–Trinajstić information content (AvgIpc) is 1.79. The normalized spacial score (nSPS) is 11.7. The number of aryl methyl sites for hydroxylation is 4. The fourth-order valence-corrected chi connectivity index (χ4v) is 21.1. The van der Waals surface area contributed by atoms with E-state index in [1.165, 1.54) is 176 Å². The van der Waals surface area contributed by atoms with Crippen LogP contribution in [0.3, 0.4) is 0 Å². The zero-order chi connectivity index (χ0) is 69.3. The number of unbranched alkanes of at least 4 members (excludes halogenated alkanes) is 6. The average molecular weight is 1460 g/mol. The lowest BCUT2D eigenvalue weighted by Crippen LogP contribution is -2.13. The SMILES string of the molecule is CCCCCCc1ccc(-c2ccc(-c3ccc(-c4ccc(-c5ccc(N(c6ccc(C)cc6)c6ccc(C(C)(C)C)cc6)cc5)s4)s3)s2)s1.CCCCCCc1ccc(-c2ccc(-c3ccc(-c4ccc(-c5ccc(N(c6ccc(C)cc6)c6ccc(C(C)(C)C)cc6)cc5)s4)s3)s2)s1. The van der Waals surface area contributed by atoms with Crippen LogP contribution in [0.25, 0.3) is 79.4 Å². The summed E-state index contributed by atoms with van der Waals surface area (Å²) in [5.74, 6) is 0. The van der Waals surface area contributed by atoms with Crippen molar-refractivity contribution in [3.63, 3.8) is 0 Å². The van der Waals surface area contributed by atoms with Crippen LogP contribution >= 0.6 is 90.7 Å². The fourth-order valence-electron chi connectivity index (χ4n) is 12.5. The molecule has 8 heterocycles. The minimum absolute atomic E-state index is 0.120. The van der Waals surface area contributed by atoms with Gasteiger partial charge < -0.3 is 9.80 Å². The third-order valence-corrected chi connectivity index (χ3v) is 28.4. The van der Waals surface area contributed by atoms with Crippen molar-refractivity contribution in [2.75, 3.05) is 9.80 Å². The highest BCUT2D eigenvalue weighted by atomic mass is 32.1. The van der Waals surface area contributed by atoms with Gasteiger partial charge in [0.25, 0.3) is 0 Å². The van der Waals surface area contributed by atoms with Crippen LogP contribution in [0, 0.1) is 13.8 Å². The van der Waals surface area contributed by atoms with Gasteiger partial charge in [-0.2, -0.15) is 0 Å². The Morgan fingerprint density at radius 1 is 0.230 bits per heavy atom. The molecule has 6 aromatic carbocycles. The molecule has 0 aliphatic heterocycles. The highest BCUT2D eigenvalue weighted by Gasteiger charge is 2.21. The number of benzene rings is 6. The number of rotatable bonds is 24. The van der Waals surface area contributed by atoms with E-state index in [1.54, 1.807) is 0 Å². The number of thiophene rings is 8. The quantitative estimate of drug-likeness (QED) is 0.0557. The molecule has 2 nitrogen and oxygen atoms in total. The zero-order valence-electron chi connectivity index (χ0n) is 59.3. The third kappa shape index (κ3) is 17.3. The molecule has 14 aromatic rings. The van der Waals surface area contributed by atoms with Gasteiger partial charge >= 0.3 is 0 Å². The van der Waals surface area contributed by atoms with Crippen molar-refractivity contribution in [2.45, 2.75) is 144 Å². The Balaban J connectivity index is 0.000000179. The van der Waals surface area contributed by atoms with Gasteiger partial charge in [0.15, 0.2) is 0 Å². The summed E-state index contributed by atoms with van der Waals surface area (Å²) in [6.07, 6.45) is 13.0. The summed E-state index contributed by atoms with van der Waals surface area (Å²) in [6.45, 7) is 22.4. The first-order valence-corrected chi connectivity index (χ1v) is 42.0. The fraction of sp³-hybridized carbons (Fsp3) is 0.244. The molecule has 0 fully saturated rings. The summed E-state index contributed by atoms with van der Waals surface area (Å²) in [4.78, 5) is 26.6. The van der Waals surface area contributed by atoms with E-state index in [-0.39, 0.29) is 10.8 Å². The standard InChI is InChI=1S/2C45H45NS4/c2*1-6-7-8-9-10-37-23-24-39(47-37)40-27-28-43(49-40)44-30-29-42(50-44)41-26-25-38(48-41)32-13-19-35(20-14-32)46(34-17-11-31(2)12-18-34)36-21-15-33(16-22-36)45(3,4)5/h2*11-30H,6-10H2,1-5H3. The lowest BCUT2D eigenvalue weighted by molar-refractivity contribution is 0.590. The predicted molar refractivity (Wildman–Crippen MR) is 451 cm³/mol. The van der Waals surface area contributed by atoms with Gasteiger partial charge in [-0.05, 0) is 242 Å². The third-order valence-electron chi connectivity index (χ3n) is 18.4. The minimum Gasteiger partial charge on any atom is -0.311 e. The van der Waals surface area contributed by atoms with Crippen molar-refractivity contribution in [3.05, 3.63) is 275 Å². The van der Waals surface area contributed by atoms with Crippen LogP contribution in [-0.2, 0) is 23.7 Å². The molecule has 0 saturated heterocycles. The van der Waals surface area contributed by atoms with E-state index in [0.717, 1.165) is 34.1 Å². The predicted octanol–water partition coefficient (Wildman–Crippen LogP) is 31.6. The van der Waals surface area contributed by atoms with Gasteiger partial charge in [-0.25, -0.2) is 0 Å². The van der Waals surface area contributed by atoms with E-state index in [9.17, 15) is 0 Å². The van der Waals surface area contributed by atoms with Crippen LogP contribution in [0.5, 0.6) is 0 Å². The summed E-state index contributed by atoms with van der Waals surface area (Å²) < 4.78 is 0. The van der Waals surface area contributed by atoms with Crippen molar-refractivity contribution in [1.29, 1.82) is 0 Å². The number of hydrogen-bond donors (Lipinski definition) is 0. The second kappa shape index (κ2) is 32.2. The van der Waals surface area contributed by atoms with Crippen LogP contribution in [0.4, 0.5) is 34.1 Å². The van der Waals surface area contributed by atoms with Crippen molar-refractivity contribution in [1.82, 2.24) is 0 Å². The van der Waals surface area contributed by atoms with Crippen molar-refractivity contribution in [3.8, 4) is 79.4 Å². The van der Waals surface area contributed by atoms with E-state index in [1.807, 2.05) is 90.7 Å². The second-order valence-corrected chi connectivity index (χ2v) is 37.0. The molecule has 0 spiro atoms. The Labute approximate surface area is 627 Å². The maximum atomic E-state index is 2.35. The molecule has 0 aliphatic rings. The molecule has 0 aliphatic carbocycles. The Bertz CT molecular complexity index is 4570. The zero-order valence-corrected chi connectivity index (χ0v) is 65.9. The molecule has 0 unspecified atom stereocenters. The summed E-state index contributed by atoms with van der Waals surface area (Å²) in [5, 5.41) is 0. The van der Waals surface area contributed by atoms with Gasteiger partial charge in [-0.3, -0.25) is 0 Å². The maximum absolute atomic E-state index is 2.35. The van der Waals surface area contributed by atoms with Gasteiger partial charge in [0.05, 0.1) is 0 Å². The summed E-state index contributed by atoms with van der Waals surface area (Å²) in [7, 11) is 0. The van der Waals surface area contributed by atoms with Gasteiger partial charge in [0, 0.05) is 112 Å². The summed E-state index contributed by atoms with van der Waals surface area (Å²) in [5.41, 5.74) is 14.9. The van der Waals surface area contributed by atoms with E-state index in [4.69, 9.17) is 0 Å². The molecule has 0 bridgehead atoms. The molecule has 508 valence electrons. The molecule has 0 N–H and O–H groups in total. The molecule has 0 saturated carbocycles. The van der Waals surface area contributed by atoms with E-state index >= 15 is 0 Å². The Morgan fingerprint density at radius 3 is 0.710 bits per heavy atom. The van der Waals surface area contributed by atoms with Gasteiger partial charge in [0.2, 0.25) is 0 Å². The number of hydrogen-bond acceptors (Lipinski definition) is 10. The lowest BCUT2D eigenvalue weighted by atomic mass is 9.87. The van der Waals surface area contributed by atoms with Crippen molar-refractivity contribution < 1.29 is 0 Å². The highest BCUT2D eigenvalue weighted by Crippen LogP contribution is 2.48. The smallest absolute Gasteiger partial charge is 0.0462 e. The molecular weight excluding hydrogens is 1370 g/mol. The first-order chi connectivity index (χ1) is 48.5. The van der Waals surface area contributed by atoms with E-state index in [0.29, 0.717) is 0 Å². The molecular formula is C90H90N2S8. The van der Waals surface area contributed by atoms with Crippen LogP contribution in [0.2, 0.25) is 0 Å². The molecule has 0 amide bonds. The van der Waals surface area contributed by atoms with Crippen LogP contribution in [-0.4, -0.2) is 0 Å². The summed E-state index contributed by atoms with van der Waals surface area (Å²) in [6, 6.07) is 90.6. The van der Waals surface area contributed by atoms with Crippen molar-refractivity contribution in [2.24, 2.45) is 0 Å². The Hall–Kier alpha value is -7.48. The lowest BCUT2D eigenvalue weighted by Gasteiger charge is -2.27. The molecule has 10 heteroatoms. The molecule has 8 aromatic heterocycles. The number of anilines is 6. The largest absolute Gasteiger partial charge is 0.311 e. The Kier molecular flexibility index (Phi) is 22.9. The van der Waals surface area contributed by atoms with E-state index in [2.05, 4.69) is 322 Å². The monoisotopic (exact) mass is 1450 g/mol. The maximum Gasteiger partial charge on any atom is 0.0462 e. The van der Waals surface area contributed by atoms with Gasteiger partial charge in [0.1, 0.15) is 0 Å². The van der Waals surface area contributed by atoms with Gasteiger partial charge in [-0.1, -0.05) is 178 Å². The molecule has 100 heavy (non-hydrogen) atoms. The first kappa shape index (κ1) is 70.9. The Morgan fingerprint density at radius 2 is 0.450 bits per heavy atom. The van der Waals surface area contributed by atoms with Crippen LogP contribution in [0.1, 0.15) is 139 Å². The van der Waals surface area contributed by atoms with Crippen molar-refractivity contribution >= 4 is 125 Å². The number of nitrogens with zero attached hydrogens (tertiary/aromatic N) is 2. The molecule has 0 atom stereocenters. The van der Waals surface area contributed by atoms with Crippen LogP contribution < -0.4 is 9.80 Å². The molecule has 0 radical (unpaired) electrons. The minimum atomic E-state index is 0.120. The molecule has 14 rings (SSSR count).